The second kappa shape index (κ2) is 8.63. The van der Waals surface area contributed by atoms with E-state index in [2.05, 4.69) is 5.32 Å². The Kier molecular flexibility index (Phi) is 6.01. The maximum absolute atomic E-state index is 13.5. The molecule has 1 fully saturated rings. The topological polar surface area (TPSA) is 102 Å². The Hall–Kier alpha value is -3.56. The van der Waals surface area contributed by atoms with Crippen LogP contribution in [-0.4, -0.2) is 36.5 Å². The van der Waals surface area contributed by atoms with E-state index in [1.807, 2.05) is 4.90 Å². The van der Waals surface area contributed by atoms with Gasteiger partial charge in [-0.1, -0.05) is 0 Å². The van der Waals surface area contributed by atoms with Gasteiger partial charge in [0.05, 0.1) is 16.2 Å². The third-order valence-corrected chi connectivity index (χ3v) is 4.39. The van der Waals surface area contributed by atoms with Gasteiger partial charge >= 0.3 is 5.97 Å². The van der Waals surface area contributed by atoms with E-state index in [0.29, 0.717) is 24.8 Å². The Balaban J connectivity index is 1.64. The summed E-state index contributed by atoms with van der Waals surface area (Å²) < 4.78 is 31.2. The molecule has 3 rings (SSSR count). The van der Waals surface area contributed by atoms with Gasteiger partial charge in [-0.15, -0.1) is 0 Å². The SMILES string of the molecule is O=C(COC(=O)c1ccc(N2CCCC2)c([N+](=O)[O-])c1)Nc1ccc(F)cc1F. The van der Waals surface area contributed by atoms with E-state index in [4.69, 9.17) is 4.74 Å². The lowest BCUT2D eigenvalue weighted by molar-refractivity contribution is -0.384. The molecule has 0 saturated carbocycles. The quantitative estimate of drug-likeness (QED) is 0.450. The van der Waals surface area contributed by atoms with Crippen molar-refractivity contribution in [3.8, 4) is 0 Å². The number of halogens is 2. The van der Waals surface area contributed by atoms with Crippen LogP contribution in [0.1, 0.15) is 23.2 Å². The number of amides is 1. The maximum atomic E-state index is 13.5. The lowest BCUT2D eigenvalue weighted by atomic mass is 10.1. The minimum absolute atomic E-state index is 0.0830. The molecule has 0 aromatic heterocycles. The molecule has 0 radical (unpaired) electrons. The molecule has 1 N–H and O–H groups in total. The molecular formula is C19H17F2N3O5. The summed E-state index contributed by atoms with van der Waals surface area (Å²) in [5.41, 5.74) is -0.147. The normalized spacial score (nSPS) is 13.2. The number of ether oxygens (including phenoxy) is 1. The summed E-state index contributed by atoms with van der Waals surface area (Å²) in [5, 5.41) is 13.5. The molecule has 10 heteroatoms. The maximum Gasteiger partial charge on any atom is 0.338 e. The van der Waals surface area contributed by atoms with Crippen molar-refractivity contribution in [3.63, 3.8) is 0 Å². The van der Waals surface area contributed by atoms with Gasteiger partial charge in [-0.2, -0.15) is 0 Å². The highest BCUT2D eigenvalue weighted by molar-refractivity contribution is 5.96. The number of nitrogens with zero attached hydrogens (tertiary/aromatic N) is 2. The number of hydrogen-bond donors (Lipinski definition) is 1. The summed E-state index contributed by atoms with van der Waals surface area (Å²) >= 11 is 0. The third-order valence-electron chi connectivity index (χ3n) is 4.39. The van der Waals surface area contributed by atoms with Gasteiger partial charge in [-0.3, -0.25) is 14.9 Å². The predicted molar refractivity (Wildman–Crippen MR) is 99.8 cm³/mol. The molecule has 2 aromatic rings. The Morgan fingerprint density at radius 3 is 2.52 bits per heavy atom. The van der Waals surface area contributed by atoms with Crippen LogP contribution in [0.5, 0.6) is 0 Å². The number of benzene rings is 2. The average molecular weight is 405 g/mol. The van der Waals surface area contributed by atoms with E-state index >= 15 is 0 Å². The fraction of sp³-hybridized carbons (Fsp3) is 0.263. The van der Waals surface area contributed by atoms with Gasteiger partial charge in [-0.05, 0) is 37.1 Å². The molecule has 0 aliphatic carbocycles. The first-order valence-electron chi connectivity index (χ1n) is 8.80. The van der Waals surface area contributed by atoms with Crippen LogP contribution >= 0.6 is 0 Å². The van der Waals surface area contributed by atoms with Crippen molar-refractivity contribution < 1.29 is 28.0 Å². The summed E-state index contributed by atoms with van der Waals surface area (Å²) in [5.74, 6) is -3.55. The van der Waals surface area contributed by atoms with Gasteiger partial charge in [0.2, 0.25) is 0 Å². The Morgan fingerprint density at radius 2 is 1.86 bits per heavy atom. The van der Waals surface area contributed by atoms with Crippen LogP contribution in [0.4, 0.5) is 25.8 Å². The van der Waals surface area contributed by atoms with Crippen molar-refractivity contribution in [2.24, 2.45) is 0 Å². The van der Waals surface area contributed by atoms with E-state index in [1.54, 1.807) is 0 Å². The summed E-state index contributed by atoms with van der Waals surface area (Å²) in [7, 11) is 0. The molecule has 0 unspecified atom stereocenters. The van der Waals surface area contributed by atoms with Crippen LogP contribution in [-0.2, 0) is 9.53 Å². The highest BCUT2D eigenvalue weighted by atomic mass is 19.1. The van der Waals surface area contributed by atoms with Crippen molar-refractivity contribution in [1.82, 2.24) is 0 Å². The fourth-order valence-electron chi connectivity index (χ4n) is 3.01. The predicted octanol–water partition coefficient (Wildman–Crippen LogP) is 3.27. The van der Waals surface area contributed by atoms with Crippen molar-refractivity contribution in [1.29, 1.82) is 0 Å². The number of hydrogen-bond acceptors (Lipinski definition) is 6. The first-order valence-corrected chi connectivity index (χ1v) is 8.80. The largest absolute Gasteiger partial charge is 0.452 e. The number of anilines is 2. The summed E-state index contributed by atoms with van der Waals surface area (Å²) in [6.45, 7) is 0.660. The van der Waals surface area contributed by atoms with Crippen molar-refractivity contribution in [3.05, 3.63) is 63.7 Å². The zero-order valence-corrected chi connectivity index (χ0v) is 15.2. The molecule has 152 valence electrons. The number of esters is 1. The Labute approximate surface area is 164 Å². The molecule has 1 saturated heterocycles. The van der Waals surface area contributed by atoms with Gasteiger partial charge in [0, 0.05) is 25.2 Å². The van der Waals surface area contributed by atoms with E-state index in [0.717, 1.165) is 31.0 Å². The Bertz CT molecular complexity index is 961. The lowest BCUT2D eigenvalue weighted by Gasteiger charge is -2.17. The van der Waals surface area contributed by atoms with Crippen molar-refractivity contribution in [2.75, 3.05) is 29.9 Å². The first-order chi connectivity index (χ1) is 13.8. The number of nitrogens with one attached hydrogen (secondary N) is 1. The van der Waals surface area contributed by atoms with Crippen LogP contribution in [0.2, 0.25) is 0 Å². The zero-order chi connectivity index (χ0) is 21.0. The molecule has 1 aliphatic heterocycles. The van der Waals surface area contributed by atoms with E-state index in [-0.39, 0.29) is 16.9 Å². The van der Waals surface area contributed by atoms with Gasteiger partial charge in [0.25, 0.3) is 11.6 Å². The van der Waals surface area contributed by atoms with Gasteiger partial charge in [0.15, 0.2) is 6.61 Å². The monoisotopic (exact) mass is 405 g/mol. The number of rotatable bonds is 6. The molecule has 0 spiro atoms. The fourth-order valence-corrected chi connectivity index (χ4v) is 3.01. The van der Waals surface area contributed by atoms with Crippen LogP contribution in [0.25, 0.3) is 0 Å². The minimum atomic E-state index is -0.974. The van der Waals surface area contributed by atoms with Crippen LogP contribution in [0.3, 0.4) is 0 Å². The molecule has 2 aromatic carbocycles. The first kappa shape index (κ1) is 20.2. The van der Waals surface area contributed by atoms with Crippen LogP contribution in [0, 0.1) is 21.7 Å². The number of nitro groups is 1. The minimum Gasteiger partial charge on any atom is -0.452 e. The van der Waals surface area contributed by atoms with E-state index < -0.39 is 35.0 Å². The molecule has 1 amide bonds. The van der Waals surface area contributed by atoms with Crippen LogP contribution < -0.4 is 10.2 Å². The molecule has 1 heterocycles. The second-order valence-electron chi connectivity index (χ2n) is 6.40. The molecule has 0 bridgehead atoms. The third kappa shape index (κ3) is 4.84. The zero-order valence-electron chi connectivity index (χ0n) is 15.2. The molecule has 1 aliphatic rings. The lowest BCUT2D eigenvalue weighted by Crippen LogP contribution is -2.22. The van der Waals surface area contributed by atoms with Crippen molar-refractivity contribution >= 4 is 28.9 Å². The smallest absolute Gasteiger partial charge is 0.338 e. The van der Waals surface area contributed by atoms with Gasteiger partial charge in [0.1, 0.15) is 17.3 Å². The summed E-state index contributed by atoms with van der Waals surface area (Å²) in [6, 6.07) is 6.57. The summed E-state index contributed by atoms with van der Waals surface area (Å²) in [4.78, 5) is 36.7. The highest BCUT2D eigenvalue weighted by Crippen LogP contribution is 2.31. The summed E-state index contributed by atoms with van der Waals surface area (Å²) in [6.07, 6.45) is 1.87. The van der Waals surface area contributed by atoms with Gasteiger partial charge in [-0.25, -0.2) is 13.6 Å². The van der Waals surface area contributed by atoms with Gasteiger partial charge < -0.3 is 15.0 Å². The number of carbonyl (C=O) groups is 2. The molecule has 0 atom stereocenters. The molecule has 29 heavy (non-hydrogen) atoms. The molecule has 8 nitrogen and oxygen atoms in total. The highest BCUT2D eigenvalue weighted by Gasteiger charge is 2.24. The second-order valence-corrected chi connectivity index (χ2v) is 6.40. The molecular weight excluding hydrogens is 388 g/mol. The van der Waals surface area contributed by atoms with Crippen molar-refractivity contribution in [2.45, 2.75) is 12.8 Å². The number of carbonyl (C=O) groups excluding carboxylic acids is 2. The number of nitro benzene ring substituents is 1. The van der Waals surface area contributed by atoms with Crippen LogP contribution in [0.15, 0.2) is 36.4 Å². The standard InChI is InChI=1S/C19H17F2N3O5/c20-13-4-5-15(14(21)10-13)22-18(25)11-29-19(26)12-3-6-16(17(9-12)24(27)28)23-7-1-2-8-23/h3-6,9-10H,1-2,7-8,11H2,(H,22,25). The average Bonchev–Trinajstić information content (AvgIpc) is 3.22. The Morgan fingerprint density at radius 1 is 1.14 bits per heavy atom. The van der Waals surface area contributed by atoms with E-state index in [9.17, 15) is 28.5 Å². The van der Waals surface area contributed by atoms with E-state index in [1.165, 1.54) is 12.1 Å².